The third kappa shape index (κ3) is 3.82. The van der Waals surface area contributed by atoms with Gasteiger partial charge < -0.3 is 10.1 Å². The van der Waals surface area contributed by atoms with Crippen molar-refractivity contribution in [3.8, 4) is 5.75 Å². The average molecular weight is 287 g/mol. The number of para-hydroxylation sites is 1. The van der Waals surface area contributed by atoms with E-state index in [1.165, 1.54) is 6.07 Å². The topological polar surface area (TPSA) is 21.3 Å². The molecule has 0 saturated heterocycles. The minimum Gasteiger partial charge on any atom is -0.496 e. The van der Waals surface area contributed by atoms with Crippen molar-refractivity contribution in [2.75, 3.05) is 7.11 Å². The van der Waals surface area contributed by atoms with Crippen molar-refractivity contribution in [2.24, 2.45) is 0 Å². The van der Waals surface area contributed by atoms with Crippen LogP contribution in [0.5, 0.6) is 5.75 Å². The van der Waals surface area contributed by atoms with Gasteiger partial charge in [-0.2, -0.15) is 0 Å². The summed E-state index contributed by atoms with van der Waals surface area (Å²) in [7, 11) is 1.68. The van der Waals surface area contributed by atoms with E-state index < -0.39 is 0 Å². The standard InChI is InChI=1S/C18H22FNO/c1-4-17(14-8-7-9-15(19)12-14)20-13(2)16-10-5-6-11-18(16)21-3/h5-13,17,20H,4H2,1-3H3/t13-,17?/m0/s1. The molecule has 2 nitrogen and oxygen atoms in total. The van der Waals surface area contributed by atoms with E-state index >= 15 is 0 Å². The van der Waals surface area contributed by atoms with Crippen LogP contribution < -0.4 is 10.1 Å². The molecule has 3 heteroatoms. The fourth-order valence-corrected chi connectivity index (χ4v) is 2.59. The number of hydrogen-bond donors (Lipinski definition) is 1. The molecule has 0 saturated carbocycles. The van der Waals surface area contributed by atoms with E-state index in [2.05, 4.69) is 25.2 Å². The van der Waals surface area contributed by atoms with Gasteiger partial charge in [0.05, 0.1) is 7.11 Å². The van der Waals surface area contributed by atoms with Crippen LogP contribution in [-0.4, -0.2) is 7.11 Å². The molecule has 2 atom stereocenters. The van der Waals surface area contributed by atoms with E-state index in [-0.39, 0.29) is 17.9 Å². The maximum Gasteiger partial charge on any atom is 0.123 e. The summed E-state index contributed by atoms with van der Waals surface area (Å²) in [6, 6.07) is 15.0. The van der Waals surface area contributed by atoms with Crippen molar-refractivity contribution in [3.05, 3.63) is 65.5 Å². The maximum atomic E-state index is 13.4. The van der Waals surface area contributed by atoms with Crippen LogP contribution in [-0.2, 0) is 0 Å². The molecule has 0 aliphatic heterocycles. The van der Waals surface area contributed by atoms with E-state index in [9.17, 15) is 4.39 Å². The number of methoxy groups -OCH3 is 1. The first-order valence-corrected chi connectivity index (χ1v) is 7.30. The van der Waals surface area contributed by atoms with Crippen LogP contribution in [0.4, 0.5) is 4.39 Å². The normalized spacial score (nSPS) is 13.7. The Morgan fingerprint density at radius 1 is 1.14 bits per heavy atom. The molecule has 21 heavy (non-hydrogen) atoms. The zero-order chi connectivity index (χ0) is 15.2. The van der Waals surface area contributed by atoms with Crippen LogP contribution in [0.3, 0.4) is 0 Å². The fraction of sp³-hybridized carbons (Fsp3) is 0.333. The minimum absolute atomic E-state index is 0.112. The highest BCUT2D eigenvalue weighted by Gasteiger charge is 2.16. The zero-order valence-corrected chi connectivity index (χ0v) is 12.8. The van der Waals surface area contributed by atoms with E-state index in [1.54, 1.807) is 19.2 Å². The van der Waals surface area contributed by atoms with Gasteiger partial charge in [0.15, 0.2) is 0 Å². The summed E-state index contributed by atoms with van der Waals surface area (Å²) < 4.78 is 18.8. The second-order valence-electron chi connectivity index (χ2n) is 5.15. The number of rotatable bonds is 6. The van der Waals surface area contributed by atoms with Gasteiger partial charge in [-0.25, -0.2) is 4.39 Å². The molecule has 0 radical (unpaired) electrons. The average Bonchev–Trinajstić information content (AvgIpc) is 2.52. The van der Waals surface area contributed by atoms with Crippen molar-refractivity contribution in [3.63, 3.8) is 0 Å². The Bertz CT molecular complexity index is 585. The molecule has 0 amide bonds. The van der Waals surface area contributed by atoms with Crippen LogP contribution >= 0.6 is 0 Å². The molecule has 0 spiro atoms. The van der Waals surface area contributed by atoms with Crippen molar-refractivity contribution in [2.45, 2.75) is 32.4 Å². The van der Waals surface area contributed by atoms with E-state index in [1.807, 2.05) is 24.3 Å². The van der Waals surface area contributed by atoms with Crippen LogP contribution in [0, 0.1) is 5.82 Å². The summed E-state index contributed by atoms with van der Waals surface area (Å²) in [6.07, 6.45) is 0.892. The van der Waals surface area contributed by atoms with Gasteiger partial charge in [0.2, 0.25) is 0 Å². The van der Waals surface area contributed by atoms with Crippen LogP contribution in [0.15, 0.2) is 48.5 Å². The molecule has 2 rings (SSSR count). The molecule has 0 aliphatic rings. The molecular weight excluding hydrogens is 265 g/mol. The molecule has 0 heterocycles. The predicted octanol–water partition coefficient (Wildman–Crippen LogP) is 4.64. The van der Waals surface area contributed by atoms with Crippen molar-refractivity contribution in [1.82, 2.24) is 5.32 Å². The highest BCUT2D eigenvalue weighted by atomic mass is 19.1. The molecule has 1 N–H and O–H groups in total. The van der Waals surface area contributed by atoms with Gasteiger partial charge >= 0.3 is 0 Å². The zero-order valence-electron chi connectivity index (χ0n) is 12.8. The molecule has 2 aromatic rings. The Hall–Kier alpha value is -1.87. The monoisotopic (exact) mass is 287 g/mol. The molecule has 0 aliphatic carbocycles. The Labute approximate surface area is 126 Å². The number of hydrogen-bond acceptors (Lipinski definition) is 2. The Balaban J connectivity index is 2.18. The maximum absolute atomic E-state index is 13.4. The summed E-state index contributed by atoms with van der Waals surface area (Å²) in [6.45, 7) is 4.19. The van der Waals surface area contributed by atoms with Gasteiger partial charge in [-0.1, -0.05) is 37.3 Å². The van der Waals surface area contributed by atoms with Gasteiger partial charge in [0.1, 0.15) is 11.6 Å². The fourth-order valence-electron chi connectivity index (χ4n) is 2.59. The lowest BCUT2D eigenvalue weighted by Gasteiger charge is -2.24. The number of ether oxygens (including phenoxy) is 1. The summed E-state index contributed by atoms with van der Waals surface area (Å²) in [5.41, 5.74) is 2.08. The third-order valence-corrected chi connectivity index (χ3v) is 3.72. The molecular formula is C18H22FNO. The number of halogens is 1. The molecule has 0 fully saturated rings. The Kier molecular flexibility index (Phi) is 5.34. The molecule has 0 bridgehead atoms. The smallest absolute Gasteiger partial charge is 0.123 e. The number of benzene rings is 2. The van der Waals surface area contributed by atoms with Gasteiger partial charge in [0.25, 0.3) is 0 Å². The molecule has 2 aromatic carbocycles. The lowest BCUT2D eigenvalue weighted by atomic mass is 10.0. The second kappa shape index (κ2) is 7.23. The SMILES string of the molecule is CCC(N[C@@H](C)c1ccccc1OC)c1cccc(F)c1. The lowest BCUT2D eigenvalue weighted by molar-refractivity contribution is 0.391. The summed E-state index contributed by atoms with van der Waals surface area (Å²) in [5, 5.41) is 3.55. The first-order chi connectivity index (χ1) is 10.2. The molecule has 0 aromatic heterocycles. The van der Waals surface area contributed by atoms with E-state index in [4.69, 9.17) is 4.74 Å². The highest BCUT2D eigenvalue weighted by Crippen LogP contribution is 2.28. The summed E-state index contributed by atoms with van der Waals surface area (Å²) in [5.74, 6) is 0.671. The van der Waals surface area contributed by atoms with E-state index in [0.29, 0.717) is 0 Å². The predicted molar refractivity (Wildman–Crippen MR) is 84.0 cm³/mol. The lowest BCUT2D eigenvalue weighted by Crippen LogP contribution is -2.24. The first-order valence-electron chi connectivity index (χ1n) is 7.30. The van der Waals surface area contributed by atoms with Gasteiger partial charge in [-0.15, -0.1) is 0 Å². The first kappa shape index (κ1) is 15.5. The van der Waals surface area contributed by atoms with Crippen LogP contribution in [0.25, 0.3) is 0 Å². The van der Waals surface area contributed by atoms with E-state index in [0.717, 1.165) is 23.3 Å². The Morgan fingerprint density at radius 3 is 2.57 bits per heavy atom. The number of nitrogens with one attached hydrogen (secondary N) is 1. The van der Waals surface area contributed by atoms with Gasteiger partial charge in [-0.05, 0) is 37.1 Å². The quantitative estimate of drug-likeness (QED) is 0.836. The summed E-state index contributed by atoms with van der Waals surface area (Å²) >= 11 is 0. The molecule has 112 valence electrons. The highest BCUT2D eigenvalue weighted by molar-refractivity contribution is 5.35. The second-order valence-corrected chi connectivity index (χ2v) is 5.15. The van der Waals surface area contributed by atoms with Gasteiger partial charge in [0, 0.05) is 17.6 Å². The summed E-state index contributed by atoms with van der Waals surface area (Å²) in [4.78, 5) is 0. The van der Waals surface area contributed by atoms with Crippen molar-refractivity contribution in [1.29, 1.82) is 0 Å². The third-order valence-electron chi connectivity index (χ3n) is 3.72. The van der Waals surface area contributed by atoms with Crippen LogP contribution in [0.1, 0.15) is 43.5 Å². The Morgan fingerprint density at radius 2 is 1.90 bits per heavy atom. The molecule has 1 unspecified atom stereocenters. The van der Waals surface area contributed by atoms with Crippen molar-refractivity contribution >= 4 is 0 Å². The largest absolute Gasteiger partial charge is 0.496 e. The van der Waals surface area contributed by atoms with Gasteiger partial charge in [-0.3, -0.25) is 0 Å². The minimum atomic E-state index is -0.197. The van der Waals surface area contributed by atoms with Crippen molar-refractivity contribution < 1.29 is 9.13 Å². The van der Waals surface area contributed by atoms with Crippen LogP contribution in [0.2, 0.25) is 0 Å².